The van der Waals surface area contributed by atoms with Gasteiger partial charge >= 0.3 is 6.03 Å². The lowest BCUT2D eigenvalue weighted by atomic mass is 10.1. The van der Waals surface area contributed by atoms with E-state index in [1.54, 1.807) is 9.80 Å². The van der Waals surface area contributed by atoms with Gasteiger partial charge in [0.05, 0.1) is 6.54 Å². The minimum atomic E-state index is -0.300. The first-order chi connectivity index (χ1) is 17.5. The number of rotatable bonds is 13. The standard InChI is InChI=1S/C29H37N3O4/c1-4-35-20-10-18-32(29(34)30-27-14-9-8-11-23(27)2)22-28(33)31(21-26-16-15-24(3)36-26)19-17-25-12-6-5-7-13-25/h5-9,11-16H,4,10,17-22H2,1-3H3,(H,30,34). The first kappa shape index (κ1) is 27.0. The van der Waals surface area contributed by atoms with Gasteiger partial charge in [0.25, 0.3) is 0 Å². The third kappa shape index (κ3) is 8.57. The summed E-state index contributed by atoms with van der Waals surface area (Å²) in [5, 5.41) is 2.96. The van der Waals surface area contributed by atoms with Gasteiger partial charge in [-0.2, -0.15) is 0 Å². The highest BCUT2D eigenvalue weighted by atomic mass is 16.5. The fourth-order valence-electron chi connectivity index (χ4n) is 3.88. The van der Waals surface area contributed by atoms with E-state index in [-0.39, 0.29) is 18.5 Å². The minimum absolute atomic E-state index is 0.0294. The number of ether oxygens (including phenoxy) is 1. The maximum Gasteiger partial charge on any atom is 0.322 e. The third-order valence-corrected chi connectivity index (χ3v) is 5.93. The molecule has 0 aliphatic rings. The molecule has 0 atom stereocenters. The van der Waals surface area contributed by atoms with Crippen molar-refractivity contribution in [1.82, 2.24) is 9.80 Å². The molecule has 1 N–H and O–H groups in total. The summed E-state index contributed by atoms with van der Waals surface area (Å²) >= 11 is 0. The summed E-state index contributed by atoms with van der Waals surface area (Å²) in [6, 6.07) is 21.2. The van der Waals surface area contributed by atoms with Gasteiger partial charge < -0.3 is 24.3 Å². The predicted molar refractivity (Wildman–Crippen MR) is 142 cm³/mol. The van der Waals surface area contributed by atoms with Crippen molar-refractivity contribution in [2.45, 2.75) is 40.2 Å². The summed E-state index contributed by atoms with van der Waals surface area (Å²) in [5.41, 5.74) is 2.85. The van der Waals surface area contributed by atoms with Gasteiger partial charge in [-0.25, -0.2) is 4.79 Å². The van der Waals surface area contributed by atoms with E-state index in [0.717, 1.165) is 28.3 Å². The molecule has 2 aromatic carbocycles. The molecular formula is C29H37N3O4. The van der Waals surface area contributed by atoms with Gasteiger partial charge in [0, 0.05) is 32.0 Å². The molecule has 3 aromatic rings. The molecule has 0 saturated heterocycles. The third-order valence-electron chi connectivity index (χ3n) is 5.93. The Kier molecular flexibility index (Phi) is 10.6. The largest absolute Gasteiger partial charge is 0.464 e. The zero-order chi connectivity index (χ0) is 25.8. The van der Waals surface area contributed by atoms with E-state index in [0.29, 0.717) is 45.7 Å². The maximum absolute atomic E-state index is 13.5. The molecular weight excluding hydrogens is 454 g/mol. The Morgan fingerprint density at radius 2 is 1.67 bits per heavy atom. The average molecular weight is 492 g/mol. The smallest absolute Gasteiger partial charge is 0.322 e. The maximum atomic E-state index is 13.5. The van der Waals surface area contributed by atoms with Crippen LogP contribution in [0.4, 0.5) is 10.5 Å². The zero-order valence-corrected chi connectivity index (χ0v) is 21.5. The predicted octanol–water partition coefficient (Wildman–Crippen LogP) is 5.43. The lowest BCUT2D eigenvalue weighted by molar-refractivity contribution is -0.132. The molecule has 1 aromatic heterocycles. The van der Waals surface area contributed by atoms with Crippen LogP contribution in [0.15, 0.2) is 71.1 Å². The lowest BCUT2D eigenvalue weighted by Gasteiger charge is -2.28. The van der Waals surface area contributed by atoms with E-state index in [1.165, 1.54) is 0 Å². The molecule has 0 fully saturated rings. The van der Waals surface area contributed by atoms with Gasteiger partial charge in [-0.1, -0.05) is 48.5 Å². The van der Waals surface area contributed by atoms with Crippen molar-refractivity contribution < 1.29 is 18.7 Å². The van der Waals surface area contributed by atoms with E-state index < -0.39 is 0 Å². The Balaban J connectivity index is 1.72. The fraction of sp³-hybridized carbons (Fsp3) is 0.379. The van der Waals surface area contributed by atoms with Crippen LogP contribution in [0.2, 0.25) is 0 Å². The van der Waals surface area contributed by atoms with Crippen LogP contribution < -0.4 is 5.32 Å². The van der Waals surface area contributed by atoms with Crippen LogP contribution in [0.1, 0.15) is 36.0 Å². The Bertz CT molecular complexity index is 1100. The minimum Gasteiger partial charge on any atom is -0.464 e. The highest BCUT2D eigenvalue weighted by Crippen LogP contribution is 2.15. The Morgan fingerprint density at radius 3 is 2.36 bits per heavy atom. The number of furan rings is 1. The number of amides is 3. The number of urea groups is 1. The molecule has 7 heteroatoms. The van der Waals surface area contributed by atoms with Crippen LogP contribution in [0.25, 0.3) is 0 Å². The van der Waals surface area contributed by atoms with E-state index in [1.807, 2.05) is 75.4 Å². The zero-order valence-electron chi connectivity index (χ0n) is 21.5. The average Bonchev–Trinajstić information content (AvgIpc) is 3.30. The number of carbonyl (C=O) groups is 2. The molecule has 0 aliphatic heterocycles. The van der Waals surface area contributed by atoms with Crippen LogP contribution in [0, 0.1) is 13.8 Å². The lowest BCUT2D eigenvalue weighted by Crippen LogP contribution is -2.45. The van der Waals surface area contributed by atoms with Crippen LogP contribution in [-0.4, -0.2) is 54.6 Å². The van der Waals surface area contributed by atoms with Gasteiger partial charge in [0.1, 0.15) is 18.1 Å². The Hall–Kier alpha value is -3.58. The number of benzene rings is 2. The second-order valence-electron chi connectivity index (χ2n) is 8.78. The van der Waals surface area contributed by atoms with Crippen molar-refractivity contribution in [2.75, 3.05) is 38.2 Å². The van der Waals surface area contributed by atoms with E-state index in [2.05, 4.69) is 17.4 Å². The van der Waals surface area contributed by atoms with Gasteiger partial charge in [0.2, 0.25) is 5.91 Å². The highest BCUT2D eigenvalue weighted by molar-refractivity contribution is 5.93. The fourth-order valence-corrected chi connectivity index (χ4v) is 3.88. The number of aryl methyl sites for hydroxylation is 2. The van der Waals surface area contributed by atoms with Crippen LogP contribution in [-0.2, 0) is 22.5 Å². The summed E-state index contributed by atoms with van der Waals surface area (Å²) in [6.07, 6.45) is 1.36. The second kappa shape index (κ2) is 14.1. The normalized spacial score (nSPS) is 10.8. The number of para-hydroxylation sites is 1. The Labute approximate surface area is 214 Å². The second-order valence-corrected chi connectivity index (χ2v) is 8.78. The van der Waals surface area contributed by atoms with Crippen molar-refractivity contribution in [2.24, 2.45) is 0 Å². The number of nitrogens with zero attached hydrogens (tertiary/aromatic N) is 2. The number of hydrogen-bond donors (Lipinski definition) is 1. The molecule has 0 saturated carbocycles. The molecule has 36 heavy (non-hydrogen) atoms. The van der Waals surface area contributed by atoms with E-state index >= 15 is 0 Å². The quantitative estimate of drug-likeness (QED) is 0.324. The number of anilines is 1. The summed E-state index contributed by atoms with van der Waals surface area (Å²) in [6.45, 7) is 8.17. The first-order valence-electron chi connectivity index (χ1n) is 12.5. The molecule has 0 aliphatic carbocycles. The SMILES string of the molecule is CCOCCCN(CC(=O)N(CCc1ccccc1)Cc1ccc(C)o1)C(=O)Nc1ccccc1C. The summed E-state index contributed by atoms with van der Waals surface area (Å²) < 4.78 is 11.2. The molecule has 0 bridgehead atoms. The molecule has 3 rings (SSSR count). The summed E-state index contributed by atoms with van der Waals surface area (Å²) in [5.74, 6) is 1.40. The molecule has 7 nitrogen and oxygen atoms in total. The first-order valence-corrected chi connectivity index (χ1v) is 12.5. The topological polar surface area (TPSA) is 75.0 Å². The van der Waals surface area contributed by atoms with Crippen molar-refractivity contribution >= 4 is 17.6 Å². The number of hydrogen-bond acceptors (Lipinski definition) is 4. The molecule has 192 valence electrons. The highest BCUT2D eigenvalue weighted by Gasteiger charge is 2.23. The van der Waals surface area contributed by atoms with E-state index in [9.17, 15) is 9.59 Å². The molecule has 0 radical (unpaired) electrons. The van der Waals surface area contributed by atoms with Gasteiger partial charge in [-0.05, 0) is 62.9 Å². The monoisotopic (exact) mass is 491 g/mol. The Morgan fingerprint density at radius 1 is 0.917 bits per heavy atom. The molecule has 0 spiro atoms. The van der Waals surface area contributed by atoms with Crippen molar-refractivity contribution in [3.63, 3.8) is 0 Å². The molecule has 1 heterocycles. The molecule has 3 amide bonds. The summed E-state index contributed by atoms with van der Waals surface area (Å²) in [4.78, 5) is 30.1. The van der Waals surface area contributed by atoms with Gasteiger partial charge in [-0.15, -0.1) is 0 Å². The number of nitrogens with one attached hydrogen (secondary N) is 1. The van der Waals surface area contributed by atoms with Crippen LogP contribution in [0.3, 0.4) is 0 Å². The van der Waals surface area contributed by atoms with Crippen molar-refractivity contribution in [3.05, 3.63) is 89.4 Å². The van der Waals surface area contributed by atoms with Crippen molar-refractivity contribution in [1.29, 1.82) is 0 Å². The summed E-state index contributed by atoms with van der Waals surface area (Å²) in [7, 11) is 0. The van der Waals surface area contributed by atoms with Crippen LogP contribution >= 0.6 is 0 Å². The molecule has 0 unspecified atom stereocenters. The van der Waals surface area contributed by atoms with Gasteiger partial charge in [0.15, 0.2) is 0 Å². The van der Waals surface area contributed by atoms with Crippen LogP contribution in [0.5, 0.6) is 0 Å². The number of carbonyl (C=O) groups excluding carboxylic acids is 2. The van der Waals surface area contributed by atoms with Gasteiger partial charge in [-0.3, -0.25) is 4.79 Å². The van der Waals surface area contributed by atoms with Crippen molar-refractivity contribution in [3.8, 4) is 0 Å². The van der Waals surface area contributed by atoms with E-state index in [4.69, 9.17) is 9.15 Å².